The standard InChI is InChI=1S/C12H18N2/c1-9(2)14-12-5-3-4-10(6-12)11-7-13-8-11/h3-6,9,11,13-14H,7-8H2,1-2H3. The minimum atomic E-state index is 0.504. The quantitative estimate of drug-likeness (QED) is 0.763. The number of rotatable bonds is 3. The number of benzene rings is 1. The van der Waals surface area contributed by atoms with Crippen LogP contribution in [-0.2, 0) is 0 Å². The molecule has 0 aliphatic carbocycles. The summed E-state index contributed by atoms with van der Waals surface area (Å²) in [6, 6.07) is 9.26. The van der Waals surface area contributed by atoms with E-state index >= 15 is 0 Å². The van der Waals surface area contributed by atoms with Crippen molar-refractivity contribution in [1.82, 2.24) is 5.32 Å². The van der Waals surface area contributed by atoms with Crippen LogP contribution in [0, 0.1) is 0 Å². The fourth-order valence-electron chi connectivity index (χ4n) is 1.74. The molecule has 2 rings (SSSR count). The summed E-state index contributed by atoms with van der Waals surface area (Å²) in [5.41, 5.74) is 2.69. The minimum Gasteiger partial charge on any atom is -0.383 e. The van der Waals surface area contributed by atoms with Crippen LogP contribution >= 0.6 is 0 Å². The molecule has 14 heavy (non-hydrogen) atoms. The molecule has 0 aromatic heterocycles. The fourth-order valence-corrected chi connectivity index (χ4v) is 1.74. The van der Waals surface area contributed by atoms with Gasteiger partial charge in [0.15, 0.2) is 0 Å². The summed E-state index contributed by atoms with van der Waals surface area (Å²) in [4.78, 5) is 0. The van der Waals surface area contributed by atoms with Crippen molar-refractivity contribution < 1.29 is 0 Å². The van der Waals surface area contributed by atoms with Gasteiger partial charge in [0.05, 0.1) is 0 Å². The monoisotopic (exact) mass is 190 g/mol. The highest BCUT2D eigenvalue weighted by Gasteiger charge is 2.18. The lowest BCUT2D eigenvalue weighted by Gasteiger charge is -2.28. The van der Waals surface area contributed by atoms with Gasteiger partial charge in [-0.05, 0) is 31.5 Å². The lowest BCUT2D eigenvalue weighted by molar-refractivity contribution is 0.448. The van der Waals surface area contributed by atoms with E-state index in [1.165, 1.54) is 11.3 Å². The van der Waals surface area contributed by atoms with Crippen LogP contribution in [0.15, 0.2) is 24.3 Å². The van der Waals surface area contributed by atoms with Crippen molar-refractivity contribution in [1.29, 1.82) is 0 Å². The van der Waals surface area contributed by atoms with Gasteiger partial charge >= 0.3 is 0 Å². The summed E-state index contributed by atoms with van der Waals surface area (Å²) in [6.07, 6.45) is 0. The van der Waals surface area contributed by atoms with Gasteiger partial charge in [-0.1, -0.05) is 12.1 Å². The Bertz CT molecular complexity index is 303. The molecule has 1 heterocycles. The van der Waals surface area contributed by atoms with Crippen molar-refractivity contribution in [2.24, 2.45) is 0 Å². The summed E-state index contributed by atoms with van der Waals surface area (Å²) in [5.74, 6) is 0.726. The Morgan fingerprint density at radius 2 is 2.14 bits per heavy atom. The van der Waals surface area contributed by atoms with E-state index in [1.807, 2.05) is 0 Å². The molecular formula is C12H18N2. The fraction of sp³-hybridized carbons (Fsp3) is 0.500. The maximum atomic E-state index is 3.43. The third kappa shape index (κ3) is 2.07. The smallest absolute Gasteiger partial charge is 0.0344 e. The van der Waals surface area contributed by atoms with E-state index in [0.29, 0.717) is 6.04 Å². The molecule has 1 aliphatic heterocycles. The molecule has 0 bridgehead atoms. The van der Waals surface area contributed by atoms with Crippen LogP contribution in [0.1, 0.15) is 25.3 Å². The second-order valence-corrected chi connectivity index (χ2v) is 4.28. The van der Waals surface area contributed by atoms with Crippen molar-refractivity contribution in [2.75, 3.05) is 18.4 Å². The molecule has 2 heteroatoms. The van der Waals surface area contributed by atoms with Crippen molar-refractivity contribution in [3.8, 4) is 0 Å². The van der Waals surface area contributed by atoms with Crippen molar-refractivity contribution >= 4 is 5.69 Å². The molecule has 0 saturated carbocycles. The number of anilines is 1. The normalized spacial score (nSPS) is 16.8. The molecule has 1 aromatic carbocycles. The molecule has 2 N–H and O–H groups in total. The number of hydrogen-bond acceptors (Lipinski definition) is 2. The summed E-state index contributed by atoms with van der Waals surface area (Å²) in [6.45, 7) is 6.59. The molecule has 1 aliphatic rings. The maximum Gasteiger partial charge on any atom is 0.0344 e. The van der Waals surface area contributed by atoms with Crippen LogP contribution < -0.4 is 10.6 Å². The molecule has 0 spiro atoms. The van der Waals surface area contributed by atoms with Gasteiger partial charge in [0.1, 0.15) is 0 Å². The third-order valence-corrected chi connectivity index (χ3v) is 2.59. The molecule has 1 fully saturated rings. The molecule has 0 radical (unpaired) electrons. The zero-order valence-electron chi connectivity index (χ0n) is 8.88. The van der Waals surface area contributed by atoms with Gasteiger partial charge in [-0.25, -0.2) is 0 Å². The van der Waals surface area contributed by atoms with E-state index < -0.39 is 0 Å². The molecule has 0 unspecified atom stereocenters. The molecule has 0 amide bonds. The topological polar surface area (TPSA) is 24.1 Å². The Labute approximate surface area is 85.7 Å². The Balaban J connectivity index is 2.09. The number of hydrogen-bond donors (Lipinski definition) is 2. The molecule has 1 aromatic rings. The zero-order valence-corrected chi connectivity index (χ0v) is 8.88. The highest BCUT2D eigenvalue weighted by Crippen LogP contribution is 2.22. The Morgan fingerprint density at radius 1 is 1.36 bits per heavy atom. The van der Waals surface area contributed by atoms with Crippen molar-refractivity contribution in [3.05, 3.63) is 29.8 Å². The first-order valence-corrected chi connectivity index (χ1v) is 5.33. The van der Waals surface area contributed by atoms with Gasteiger partial charge in [-0.15, -0.1) is 0 Å². The molecular weight excluding hydrogens is 172 g/mol. The Kier molecular flexibility index (Phi) is 2.73. The minimum absolute atomic E-state index is 0.504. The molecule has 76 valence electrons. The average Bonchev–Trinajstić information content (AvgIpc) is 1.99. The Morgan fingerprint density at radius 3 is 2.71 bits per heavy atom. The molecule has 0 atom stereocenters. The van der Waals surface area contributed by atoms with Gasteiger partial charge in [0, 0.05) is 30.7 Å². The van der Waals surface area contributed by atoms with E-state index in [-0.39, 0.29) is 0 Å². The second kappa shape index (κ2) is 4.01. The first-order valence-electron chi connectivity index (χ1n) is 5.33. The van der Waals surface area contributed by atoms with Crippen LogP contribution in [0.5, 0.6) is 0 Å². The third-order valence-electron chi connectivity index (χ3n) is 2.59. The van der Waals surface area contributed by atoms with E-state index in [2.05, 4.69) is 48.7 Å². The van der Waals surface area contributed by atoms with Gasteiger partial charge in [0.2, 0.25) is 0 Å². The highest BCUT2D eigenvalue weighted by molar-refractivity contribution is 5.47. The molecule has 1 saturated heterocycles. The van der Waals surface area contributed by atoms with Crippen LogP contribution in [0.4, 0.5) is 5.69 Å². The lowest BCUT2D eigenvalue weighted by atomic mass is 9.93. The van der Waals surface area contributed by atoms with Crippen LogP contribution in [0.2, 0.25) is 0 Å². The second-order valence-electron chi connectivity index (χ2n) is 4.28. The van der Waals surface area contributed by atoms with Crippen LogP contribution in [0.25, 0.3) is 0 Å². The summed E-state index contributed by atoms with van der Waals surface area (Å²) in [5, 5.41) is 6.73. The predicted octanol–water partition coefficient (Wildman–Crippen LogP) is 2.19. The largest absolute Gasteiger partial charge is 0.383 e. The zero-order chi connectivity index (χ0) is 9.97. The van der Waals surface area contributed by atoms with Crippen LogP contribution in [-0.4, -0.2) is 19.1 Å². The van der Waals surface area contributed by atoms with Gasteiger partial charge in [-0.2, -0.15) is 0 Å². The van der Waals surface area contributed by atoms with Gasteiger partial charge in [-0.3, -0.25) is 0 Å². The van der Waals surface area contributed by atoms with E-state index in [9.17, 15) is 0 Å². The number of nitrogens with one attached hydrogen (secondary N) is 2. The Hall–Kier alpha value is -1.02. The van der Waals surface area contributed by atoms with E-state index in [4.69, 9.17) is 0 Å². The molecule has 2 nitrogen and oxygen atoms in total. The summed E-state index contributed by atoms with van der Waals surface area (Å²) >= 11 is 0. The predicted molar refractivity (Wildman–Crippen MR) is 60.8 cm³/mol. The van der Waals surface area contributed by atoms with Crippen LogP contribution in [0.3, 0.4) is 0 Å². The van der Waals surface area contributed by atoms with Gasteiger partial charge < -0.3 is 10.6 Å². The van der Waals surface area contributed by atoms with Crippen molar-refractivity contribution in [2.45, 2.75) is 25.8 Å². The van der Waals surface area contributed by atoms with Crippen molar-refractivity contribution in [3.63, 3.8) is 0 Å². The summed E-state index contributed by atoms with van der Waals surface area (Å²) < 4.78 is 0. The SMILES string of the molecule is CC(C)Nc1cccc(C2CNC2)c1. The van der Waals surface area contributed by atoms with E-state index in [1.54, 1.807) is 0 Å². The lowest BCUT2D eigenvalue weighted by Crippen LogP contribution is -2.39. The summed E-state index contributed by atoms with van der Waals surface area (Å²) in [7, 11) is 0. The maximum absolute atomic E-state index is 3.43. The highest BCUT2D eigenvalue weighted by atomic mass is 14.9. The first-order chi connectivity index (χ1) is 6.75. The first kappa shape index (κ1) is 9.53. The van der Waals surface area contributed by atoms with E-state index in [0.717, 1.165) is 19.0 Å². The average molecular weight is 190 g/mol. The van der Waals surface area contributed by atoms with Gasteiger partial charge in [0.25, 0.3) is 0 Å².